The van der Waals surface area contributed by atoms with Crippen LogP contribution in [0.25, 0.3) is 5.69 Å². The zero-order chi connectivity index (χ0) is 12.5. The monoisotopic (exact) mass is 238 g/mol. The topological polar surface area (TPSA) is 54.5 Å². The van der Waals surface area contributed by atoms with Crippen molar-refractivity contribution in [1.82, 2.24) is 14.8 Å². The maximum Gasteiger partial charge on any atom is 0.416 e. The fourth-order valence-electron chi connectivity index (χ4n) is 1.32. The summed E-state index contributed by atoms with van der Waals surface area (Å²) in [5.74, 6) is 0. The summed E-state index contributed by atoms with van der Waals surface area (Å²) in [5.41, 5.74) is -0.676. The van der Waals surface area contributed by atoms with E-state index in [2.05, 4.69) is 10.1 Å². The molecule has 0 N–H and O–H groups in total. The third-order valence-corrected chi connectivity index (χ3v) is 2.11. The van der Waals surface area contributed by atoms with Crippen LogP contribution in [0, 0.1) is 11.3 Å². The molecule has 0 aliphatic carbocycles. The Kier molecular flexibility index (Phi) is 2.55. The summed E-state index contributed by atoms with van der Waals surface area (Å²) in [5, 5.41) is 12.5. The van der Waals surface area contributed by atoms with Crippen LogP contribution in [-0.2, 0) is 6.18 Å². The second-order valence-corrected chi connectivity index (χ2v) is 3.18. The Balaban J connectivity index is 2.61. The van der Waals surface area contributed by atoms with Gasteiger partial charge < -0.3 is 0 Å². The lowest BCUT2D eigenvalue weighted by atomic mass is 10.1. The van der Waals surface area contributed by atoms with Crippen molar-refractivity contribution in [3.05, 3.63) is 42.0 Å². The van der Waals surface area contributed by atoms with E-state index < -0.39 is 11.7 Å². The lowest BCUT2D eigenvalue weighted by molar-refractivity contribution is -0.137. The van der Waals surface area contributed by atoms with E-state index in [1.54, 1.807) is 6.07 Å². The van der Waals surface area contributed by atoms with Crippen LogP contribution in [0.3, 0.4) is 0 Å². The minimum absolute atomic E-state index is 0.0554. The van der Waals surface area contributed by atoms with Crippen LogP contribution < -0.4 is 0 Å². The molecule has 1 aromatic heterocycles. The average molecular weight is 238 g/mol. The quantitative estimate of drug-likeness (QED) is 0.764. The van der Waals surface area contributed by atoms with Gasteiger partial charge in [-0.2, -0.15) is 23.5 Å². The van der Waals surface area contributed by atoms with Gasteiger partial charge in [0.2, 0.25) is 0 Å². The second kappa shape index (κ2) is 3.90. The number of hydrogen-bond acceptors (Lipinski definition) is 3. The van der Waals surface area contributed by atoms with Crippen molar-refractivity contribution in [2.75, 3.05) is 0 Å². The number of aromatic nitrogens is 3. The third-order valence-electron chi connectivity index (χ3n) is 2.11. The first-order valence-electron chi connectivity index (χ1n) is 4.48. The highest BCUT2D eigenvalue weighted by Gasteiger charge is 2.31. The van der Waals surface area contributed by atoms with Crippen LogP contribution in [0.5, 0.6) is 0 Å². The lowest BCUT2D eigenvalue weighted by Crippen LogP contribution is -2.07. The molecule has 1 aromatic carbocycles. The van der Waals surface area contributed by atoms with Crippen molar-refractivity contribution in [2.24, 2.45) is 0 Å². The number of nitriles is 1. The predicted octanol–water partition coefficient (Wildman–Crippen LogP) is 2.16. The molecule has 0 aliphatic heterocycles. The number of rotatable bonds is 1. The molecule has 0 saturated carbocycles. The van der Waals surface area contributed by atoms with E-state index in [9.17, 15) is 13.2 Å². The van der Waals surface area contributed by atoms with Gasteiger partial charge in [-0.3, -0.25) is 0 Å². The maximum absolute atomic E-state index is 12.5. The van der Waals surface area contributed by atoms with Crippen LogP contribution in [-0.4, -0.2) is 14.8 Å². The van der Waals surface area contributed by atoms with E-state index in [4.69, 9.17) is 5.26 Å². The zero-order valence-electron chi connectivity index (χ0n) is 8.31. The molecule has 17 heavy (non-hydrogen) atoms. The summed E-state index contributed by atoms with van der Waals surface area (Å²) in [4.78, 5) is 3.63. The van der Waals surface area contributed by atoms with Gasteiger partial charge in [0.15, 0.2) is 0 Å². The molecule has 0 atom stereocenters. The van der Waals surface area contributed by atoms with E-state index >= 15 is 0 Å². The molecule has 7 heteroatoms. The Bertz CT molecular complexity index is 566. The third kappa shape index (κ3) is 2.10. The first-order chi connectivity index (χ1) is 8.02. The minimum Gasteiger partial charge on any atom is -0.223 e. The van der Waals surface area contributed by atoms with Crippen LogP contribution >= 0.6 is 0 Å². The Labute approximate surface area is 93.9 Å². The van der Waals surface area contributed by atoms with Gasteiger partial charge in [0, 0.05) is 0 Å². The molecular weight excluding hydrogens is 233 g/mol. The Morgan fingerprint density at radius 1 is 1.29 bits per heavy atom. The molecule has 86 valence electrons. The highest BCUT2D eigenvalue weighted by molar-refractivity contribution is 5.50. The van der Waals surface area contributed by atoms with Gasteiger partial charge in [0.25, 0.3) is 0 Å². The molecule has 0 spiro atoms. The number of benzene rings is 1. The number of alkyl halides is 3. The van der Waals surface area contributed by atoms with E-state index in [1.165, 1.54) is 12.7 Å². The van der Waals surface area contributed by atoms with Crippen LogP contribution in [0.2, 0.25) is 0 Å². The summed E-state index contributed by atoms with van der Waals surface area (Å²) >= 11 is 0. The Morgan fingerprint density at radius 3 is 2.59 bits per heavy atom. The summed E-state index contributed by atoms with van der Waals surface area (Å²) in [7, 11) is 0. The van der Waals surface area contributed by atoms with Gasteiger partial charge >= 0.3 is 6.18 Å². The summed E-state index contributed by atoms with van der Waals surface area (Å²) in [6.45, 7) is 0. The second-order valence-electron chi connectivity index (χ2n) is 3.18. The summed E-state index contributed by atoms with van der Waals surface area (Å²) in [6.07, 6.45) is -2.04. The van der Waals surface area contributed by atoms with Gasteiger partial charge in [-0.05, 0) is 18.2 Å². The Morgan fingerprint density at radius 2 is 2.06 bits per heavy atom. The van der Waals surface area contributed by atoms with Gasteiger partial charge in [0.1, 0.15) is 18.7 Å². The largest absolute Gasteiger partial charge is 0.416 e. The van der Waals surface area contributed by atoms with Crippen LogP contribution in [0.1, 0.15) is 11.1 Å². The van der Waals surface area contributed by atoms with Crippen LogP contribution in [0.15, 0.2) is 30.9 Å². The van der Waals surface area contributed by atoms with E-state index in [1.807, 2.05) is 0 Å². The molecule has 2 rings (SSSR count). The van der Waals surface area contributed by atoms with Gasteiger partial charge in [-0.1, -0.05) is 0 Å². The fourth-order valence-corrected chi connectivity index (χ4v) is 1.32. The SMILES string of the molecule is N#Cc1ccc(C(F)(F)F)cc1-n1cncn1. The molecule has 0 amide bonds. The van der Waals surface area contributed by atoms with E-state index in [-0.39, 0.29) is 11.3 Å². The fraction of sp³-hybridized carbons (Fsp3) is 0.100. The van der Waals surface area contributed by atoms with Crippen molar-refractivity contribution < 1.29 is 13.2 Å². The molecule has 0 radical (unpaired) electrons. The number of nitrogens with zero attached hydrogens (tertiary/aromatic N) is 4. The molecular formula is C10H5F3N4. The summed E-state index contributed by atoms with van der Waals surface area (Å²) < 4.78 is 38.7. The van der Waals surface area contributed by atoms with Gasteiger partial charge in [-0.15, -0.1) is 0 Å². The average Bonchev–Trinajstić information content (AvgIpc) is 2.80. The molecule has 0 saturated heterocycles. The highest BCUT2D eigenvalue weighted by atomic mass is 19.4. The first-order valence-corrected chi connectivity index (χ1v) is 4.48. The number of halogens is 3. The van der Waals surface area contributed by atoms with Gasteiger partial charge in [0.05, 0.1) is 16.8 Å². The lowest BCUT2D eigenvalue weighted by Gasteiger charge is -2.09. The smallest absolute Gasteiger partial charge is 0.223 e. The van der Waals surface area contributed by atoms with E-state index in [0.717, 1.165) is 22.9 Å². The molecule has 0 unspecified atom stereocenters. The maximum atomic E-state index is 12.5. The van der Waals surface area contributed by atoms with Crippen molar-refractivity contribution in [1.29, 1.82) is 5.26 Å². The minimum atomic E-state index is -4.46. The van der Waals surface area contributed by atoms with Crippen molar-refractivity contribution in [3.8, 4) is 11.8 Å². The molecule has 2 aromatic rings. The van der Waals surface area contributed by atoms with Crippen LogP contribution in [0.4, 0.5) is 13.2 Å². The molecule has 0 fully saturated rings. The Hall–Kier alpha value is -2.36. The van der Waals surface area contributed by atoms with Crippen molar-refractivity contribution in [3.63, 3.8) is 0 Å². The standard InChI is InChI=1S/C10H5F3N4/c11-10(12,13)8-2-1-7(4-14)9(3-8)17-6-15-5-16-17/h1-3,5-6H. The van der Waals surface area contributed by atoms with Gasteiger partial charge in [-0.25, -0.2) is 9.67 Å². The normalized spacial score (nSPS) is 11.2. The van der Waals surface area contributed by atoms with Crippen molar-refractivity contribution >= 4 is 0 Å². The number of hydrogen-bond donors (Lipinski definition) is 0. The molecule has 0 aliphatic rings. The molecule has 1 heterocycles. The van der Waals surface area contributed by atoms with E-state index in [0.29, 0.717) is 0 Å². The van der Waals surface area contributed by atoms with Crippen molar-refractivity contribution in [2.45, 2.75) is 6.18 Å². The first kappa shape index (κ1) is 11.1. The predicted molar refractivity (Wildman–Crippen MR) is 51.1 cm³/mol. The molecule has 0 bridgehead atoms. The highest BCUT2D eigenvalue weighted by Crippen LogP contribution is 2.31. The summed E-state index contributed by atoms with van der Waals surface area (Å²) in [6, 6.07) is 4.65. The zero-order valence-corrected chi connectivity index (χ0v) is 8.31. The molecule has 4 nitrogen and oxygen atoms in total.